The van der Waals surface area contributed by atoms with Gasteiger partial charge in [-0.25, -0.2) is 4.39 Å². The van der Waals surface area contributed by atoms with Gasteiger partial charge in [0.05, 0.1) is 0 Å². The van der Waals surface area contributed by atoms with Crippen LogP contribution in [-0.4, -0.2) is 11.3 Å². The van der Waals surface area contributed by atoms with Crippen molar-refractivity contribution in [3.05, 3.63) is 29.3 Å². The standard InChI is InChI=1S/C7H6FNO/c1-5-2-6(8)7(4-10)9-3-5/h2-4H,1H3. The first-order valence-corrected chi connectivity index (χ1v) is 2.81. The van der Waals surface area contributed by atoms with E-state index < -0.39 is 5.82 Å². The third-order valence-corrected chi connectivity index (χ3v) is 1.12. The summed E-state index contributed by atoms with van der Waals surface area (Å²) >= 11 is 0. The molecule has 0 aliphatic carbocycles. The lowest BCUT2D eigenvalue weighted by molar-refractivity contribution is 0.111. The zero-order chi connectivity index (χ0) is 7.56. The van der Waals surface area contributed by atoms with Crippen LogP contribution in [0, 0.1) is 12.7 Å². The average molecular weight is 139 g/mol. The molecule has 0 atom stereocenters. The van der Waals surface area contributed by atoms with Crippen molar-refractivity contribution in [3.8, 4) is 0 Å². The van der Waals surface area contributed by atoms with E-state index in [0.29, 0.717) is 11.8 Å². The van der Waals surface area contributed by atoms with Gasteiger partial charge in [-0.3, -0.25) is 9.78 Å². The van der Waals surface area contributed by atoms with Crippen LogP contribution in [0.2, 0.25) is 0 Å². The van der Waals surface area contributed by atoms with Crippen molar-refractivity contribution in [1.82, 2.24) is 4.98 Å². The molecule has 1 rings (SSSR count). The molecule has 0 aliphatic heterocycles. The fourth-order valence-corrected chi connectivity index (χ4v) is 0.631. The van der Waals surface area contributed by atoms with Gasteiger partial charge in [0.1, 0.15) is 5.69 Å². The summed E-state index contributed by atoms with van der Waals surface area (Å²) in [4.78, 5) is 13.6. The molecule has 0 saturated carbocycles. The largest absolute Gasteiger partial charge is 0.296 e. The Morgan fingerprint density at radius 1 is 1.70 bits per heavy atom. The Bertz CT molecular complexity index is 260. The second-order valence-electron chi connectivity index (χ2n) is 2.00. The number of carbonyl (C=O) groups excluding carboxylic acids is 1. The topological polar surface area (TPSA) is 30.0 Å². The molecule has 0 radical (unpaired) electrons. The van der Waals surface area contributed by atoms with Gasteiger partial charge in [-0.2, -0.15) is 0 Å². The number of aldehydes is 1. The number of hydrogen-bond donors (Lipinski definition) is 0. The highest BCUT2D eigenvalue weighted by molar-refractivity contribution is 5.71. The fraction of sp³-hybridized carbons (Fsp3) is 0.143. The van der Waals surface area contributed by atoms with Crippen LogP contribution in [0.5, 0.6) is 0 Å². The Morgan fingerprint density at radius 3 is 2.90 bits per heavy atom. The molecule has 0 unspecified atom stereocenters. The molecule has 2 nitrogen and oxygen atoms in total. The first-order valence-electron chi connectivity index (χ1n) is 2.81. The SMILES string of the molecule is Cc1cnc(C=O)c(F)c1. The maximum Gasteiger partial charge on any atom is 0.171 e. The maximum atomic E-state index is 12.6. The van der Waals surface area contributed by atoms with Crippen LogP contribution in [0.25, 0.3) is 0 Å². The van der Waals surface area contributed by atoms with E-state index in [0.717, 1.165) is 0 Å². The molecule has 1 heterocycles. The molecular formula is C7H6FNO. The summed E-state index contributed by atoms with van der Waals surface area (Å²) in [5, 5.41) is 0. The number of rotatable bonds is 1. The number of hydrogen-bond acceptors (Lipinski definition) is 2. The van der Waals surface area contributed by atoms with Gasteiger partial charge in [0.25, 0.3) is 0 Å². The Kier molecular flexibility index (Phi) is 1.76. The Labute approximate surface area is 57.7 Å². The minimum atomic E-state index is -0.560. The summed E-state index contributed by atoms with van der Waals surface area (Å²) in [6.45, 7) is 1.71. The van der Waals surface area contributed by atoms with Gasteiger partial charge in [-0.1, -0.05) is 0 Å². The van der Waals surface area contributed by atoms with Crippen LogP contribution in [-0.2, 0) is 0 Å². The maximum absolute atomic E-state index is 12.6. The zero-order valence-corrected chi connectivity index (χ0v) is 5.47. The lowest BCUT2D eigenvalue weighted by Gasteiger charge is -1.93. The Morgan fingerprint density at radius 2 is 2.40 bits per heavy atom. The molecular weight excluding hydrogens is 133 g/mol. The first kappa shape index (κ1) is 6.86. The molecule has 10 heavy (non-hydrogen) atoms. The van der Waals surface area contributed by atoms with Crippen molar-refractivity contribution in [2.75, 3.05) is 0 Å². The smallest absolute Gasteiger partial charge is 0.171 e. The molecule has 0 aliphatic rings. The predicted molar refractivity (Wildman–Crippen MR) is 34.3 cm³/mol. The summed E-state index contributed by atoms with van der Waals surface area (Å²) in [7, 11) is 0. The predicted octanol–water partition coefficient (Wildman–Crippen LogP) is 1.34. The number of nitrogens with zero attached hydrogens (tertiary/aromatic N) is 1. The molecule has 52 valence electrons. The normalized spacial score (nSPS) is 9.40. The van der Waals surface area contributed by atoms with E-state index in [1.807, 2.05) is 0 Å². The van der Waals surface area contributed by atoms with Crippen molar-refractivity contribution in [2.45, 2.75) is 6.92 Å². The molecule has 0 aromatic carbocycles. The van der Waals surface area contributed by atoms with Gasteiger partial charge in [0.15, 0.2) is 12.1 Å². The Balaban J connectivity index is 3.19. The molecule has 0 N–H and O–H groups in total. The quantitative estimate of drug-likeness (QED) is 0.549. The highest BCUT2D eigenvalue weighted by atomic mass is 19.1. The Hall–Kier alpha value is -1.25. The van der Waals surface area contributed by atoms with E-state index >= 15 is 0 Å². The van der Waals surface area contributed by atoms with Crippen molar-refractivity contribution in [1.29, 1.82) is 0 Å². The van der Waals surface area contributed by atoms with E-state index in [4.69, 9.17) is 0 Å². The summed E-state index contributed by atoms with van der Waals surface area (Å²) in [5.74, 6) is -0.560. The molecule has 0 spiro atoms. The van der Waals surface area contributed by atoms with E-state index in [1.165, 1.54) is 12.3 Å². The third kappa shape index (κ3) is 1.18. The van der Waals surface area contributed by atoms with Crippen LogP contribution < -0.4 is 0 Å². The molecule has 3 heteroatoms. The second-order valence-corrected chi connectivity index (χ2v) is 2.00. The van der Waals surface area contributed by atoms with Gasteiger partial charge in [0.2, 0.25) is 0 Å². The lowest BCUT2D eigenvalue weighted by Crippen LogP contribution is -1.92. The van der Waals surface area contributed by atoms with Crippen molar-refractivity contribution < 1.29 is 9.18 Å². The average Bonchev–Trinajstić information content (AvgIpc) is 1.88. The van der Waals surface area contributed by atoms with Gasteiger partial charge < -0.3 is 0 Å². The molecule has 0 amide bonds. The van der Waals surface area contributed by atoms with E-state index in [9.17, 15) is 9.18 Å². The number of carbonyl (C=O) groups is 1. The molecule has 1 aromatic heterocycles. The monoisotopic (exact) mass is 139 g/mol. The summed E-state index contributed by atoms with van der Waals surface area (Å²) in [5.41, 5.74) is 0.578. The lowest BCUT2D eigenvalue weighted by atomic mass is 10.3. The first-order chi connectivity index (χ1) is 4.74. The van der Waals surface area contributed by atoms with E-state index in [1.54, 1.807) is 6.92 Å². The molecule has 0 fully saturated rings. The van der Waals surface area contributed by atoms with Gasteiger partial charge in [0, 0.05) is 6.20 Å². The van der Waals surface area contributed by atoms with Gasteiger partial charge in [-0.05, 0) is 18.6 Å². The molecule has 1 aromatic rings. The van der Waals surface area contributed by atoms with E-state index in [2.05, 4.69) is 4.98 Å². The van der Waals surface area contributed by atoms with Gasteiger partial charge in [-0.15, -0.1) is 0 Å². The van der Waals surface area contributed by atoms with Crippen LogP contribution in [0.4, 0.5) is 4.39 Å². The minimum Gasteiger partial charge on any atom is -0.296 e. The van der Waals surface area contributed by atoms with Crippen molar-refractivity contribution >= 4 is 6.29 Å². The number of aromatic nitrogens is 1. The van der Waals surface area contributed by atoms with Crippen molar-refractivity contribution in [2.24, 2.45) is 0 Å². The van der Waals surface area contributed by atoms with E-state index in [-0.39, 0.29) is 5.69 Å². The summed E-state index contributed by atoms with van der Waals surface area (Å²) in [6, 6.07) is 1.27. The van der Waals surface area contributed by atoms with Crippen LogP contribution in [0.1, 0.15) is 16.1 Å². The minimum absolute atomic E-state index is 0.134. The zero-order valence-electron chi connectivity index (χ0n) is 5.47. The number of halogens is 1. The van der Waals surface area contributed by atoms with Crippen LogP contribution in [0.3, 0.4) is 0 Å². The number of aryl methyl sites for hydroxylation is 1. The third-order valence-electron chi connectivity index (χ3n) is 1.12. The van der Waals surface area contributed by atoms with Crippen LogP contribution >= 0.6 is 0 Å². The van der Waals surface area contributed by atoms with Crippen molar-refractivity contribution in [3.63, 3.8) is 0 Å². The van der Waals surface area contributed by atoms with Gasteiger partial charge >= 0.3 is 0 Å². The molecule has 0 bridgehead atoms. The summed E-state index contributed by atoms with van der Waals surface area (Å²) < 4.78 is 12.6. The highest BCUT2D eigenvalue weighted by Gasteiger charge is 1.99. The van der Waals surface area contributed by atoms with Crippen LogP contribution in [0.15, 0.2) is 12.3 Å². The molecule has 0 saturated heterocycles. The second kappa shape index (κ2) is 2.56. The summed E-state index contributed by atoms with van der Waals surface area (Å²) in [6.07, 6.45) is 1.85. The fourth-order valence-electron chi connectivity index (χ4n) is 0.631. The highest BCUT2D eigenvalue weighted by Crippen LogP contribution is 2.02. The number of pyridine rings is 1.